The molecule has 0 fully saturated rings. The van der Waals surface area contributed by atoms with Crippen LogP contribution in [0.15, 0.2) is 30.3 Å². The summed E-state index contributed by atoms with van der Waals surface area (Å²) in [6.07, 6.45) is 0. The lowest BCUT2D eigenvalue weighted by molar-refractivity contribution is 0.453. The fourth-order valence-corrected chi connectivity index (χ4v) is 9.87. The molecule has 0 radical (unpaired) electrons. The minimum atomic E-state index is -1.99. The highest BCUT2D eigenvalue weighted by Gasteiger charge is 2.47. The van der Waals surface area contributed by atoms with Gasteiger partial charge < -0.3 is 4.43 Å². The third-order valence-corrected chi connectivity index (χ3v) is 12.3. The van der Waals surface area contributed by atoms with Gasteiger partial charge in [-0.3, -0.25) is 4.68 Å². The van der Waals surface area contributed by atoms with Gasteiger partial charge in [-0.05, 0) is 62.8 Å². The van der Waals surface area contributed by atoms with E-state index in [9.17, 15) is 0 Å². The van der Waals surface area contributed by atoms with E-state index in [-0.39, 0.29) is 0 Å². The van der Waals surface area contributed by atoms with Crippen LogP contribution >= 0.6 is 22.6 Å². The van der Waals surface area contributed by atoms with Crippen LogP contribution < -0.4 is 4.43 Å². The first-order valence-corrected chi connectivity index (χ1v) is 13.3. The van der Waals surface area contributed by atoms with E-state index >= 15 is 0 Å². The highest BCUT2D eigenvalue weighted by Crippen LogP contribution is 2.42. The second kappa shape index (κ2) is 9.12. The van der Waals surface area contributed by atoms with Crippen molar-refractivity contribution >= 4 is 30.9 Å². The van der Waals surface area contributed by atoms with Gasteiger partial charge in [-0.1, -0.05) is 67.5 Å². The summed E-state index contributed by atoms with van der Waals surface area (Å²) in [6, 6.07) is 10.8. The topological polar surface area (TPSA) is 27.1 Å². The Morgan fingerprint density at radius 1 is 0.926 bits per heavy atom. The van der Waals surface area contributed by atoms with Gasteiger partial charge >= 0.3 is 0 Å². The van der Waals surface area contributed by atoms with E-state index in [1.54, 1.807) is 0 Å². The van der Waals surface area contributed by atoms with Gasteiger partial charge in [0.1, 0.15) is 0 Å². The highest BCUT2D eigenvalue weighted by atomic mass is 127. The van der Waals surface area contributed by atoms with Crippen molar-refractivity contribution < 1.29 is 4.43 Å². The Morgan fingerprint density at radius 3 is 1.89 bits per heavy atom. The standard InChI is InChI=1S/C22H35IN2OSi/c1-15(2)21-13-22(26-27(16(3)4,17(5)6)18(7)8)24-25(21)14-19-9-11-20(23)12-10-19/h9-13,15-18H,14H2,1-8H3. The molecule has 0 spiro atoms. The molecule has 27 heavy (non-hydrogen) atoms. The number of hydrogen-bond donors (Lipinski definition) is 0. The molecule has 1 aromatic carbocycles. The molecule has 2 rings (SSSR count). The summed E-state index contributed by atoms with van der Waals surface area (Å²) in [6.45, 7) is 19.1. The largest absolute Gasteiger partial charge is 0.529 e. The molecule has 0 bridgehead atoms. The Kier molecular flexibility index (Phi) is 7.59. The summed E-state index contributed by atoms with van der Waals surface area (Å²) in [5.74, 6) is 1.22. The van der Waals surface area contributed by atoms with Crippen molar-refractivity contribution in [3.8, 4) is 5.88 Å². The number of aromatic nitrogens is 2. The maximum atomic E-state index is 6.82. The zero-order valence-corrected chi connectivity index (χ0v) is 21.2. The van der Waals surface area contributed by atoms with Crippen molar-refractivity contribution in [3.05, 3.63) is 45.2 Å². The van der Waals surface area contributed by atoms with E-state index in [4.69, 9.17) is 9.52 Å². The maximum absolute atomic E-state index is 6.82. The van der Waals surface area contributed by atoms with Crippen LogP contribution in [0.25, 0.3) is 0 Å². The molecule has 150 valence electrons. The molecule has 5 heteroatoms. The molecule has 1 heterocycles. The molecule has 0 saturated heterocycles. The van der Waals surface area contributed by atoms with Crippen molar-refractivity contribution in [2.45, 2.75) is 84.5 Å². The van der Waals surface area contributed by atoms with E-state index < -0.39 is 8.32 Å². The fraction of sp³-hybridized carbons (Fsp3) is 0.591. The van der Waals surface area contributed by atoms with Crippen LogP contribution in [0.3, 0.4) is 0 Å². The van der Waals surface area contributed by atoms with Crippen molar-refractivity contribution in [2.75, 3.05) is 0 Å². The number of nitrogens with zero attached hydrogens (tertiary/aromatic N) is 2. The molecule has 0 aliphatic heterocycles. The molecule has 0 amide bonds. The van der Waals surface area contributed by atoms with E-state index in [0.717, 1.165) is 12.4 Å². The third-order valence-electron chi connectivity index (χ3n) is 5.61. The minimum Gasteiger partial charge on any atom is -0.529 e. The monoisotopic (exact) mass is 498 g/mol. The zero-order valence-electron chi connectivity index (χ0n) is 18.1. The zero-order chi connectivity index (χ0) is 20.4. The van der Waals surface area contributed by atoms with Crippen LogP contribution in [-0.2, 0) is 6.54 Å². The summed E-state index contributed by atoms with van der Waals surface area (Å²) in [4.78, 5) is 0. The smallest absolute Gasteiger partial charge is 0.260 e. The van der Waals surface area contributed by atoms with E-state index in [0.29, 0.717) is 22.5 Å². The van der Waals surface area contributed by atoms with E-state index in [1.807, 2.05) is 0 Å². The van der Waals surface area contributed by atoms with Crippen molar-refractivity contribution in [3.63, 3.8) is 0 Å². The predicted octanol–water partition coefficient (Wildman–Crippen LogP) is 7.21. The van der Waals surface area contributed by atoms with Gasteiger partial charge in [0.05, 0.1) is 6.54 Å². The first-order chi connectivity index (χ1) is 12.6. The first kappa shape index (κ1) is 22.5. The van der Waals surface area contributed by atoms with Crippen LogP contribution in [0.5, 0.6) is 5.88 Å². The summed E-state index contributed by atoms with van der Waals surface area (Å²) < 4.78 is 10.2. The highest BCUT2D eigenvalue weighted by molar-refractivity contribution is 14.1. The molecule has 0 unspecified atom stereocenters. The van der Waals surface area contributed by atoms with Gasteiger partial charge in [-0.15, -0.1) is 5.10 Å². The summed E-state index contributed by atoms with van der Waals surface area (Å²) in [5, 5.41) is 4.91. The Bertz CT molecular complexity index is 713. The predicted molar refractivity (Wildman–Crippen MR) is 126 cm³/mol. The van der Waals surface area contributed by atoms with Gasteiger partial charge in [-0.2, -0.15) is 0 Å². The first-order valence-electron chi connectivity index (χ1n) is 10.1. The summed E-state index contributed by atoms with van der Waals surface area (Å²) in [5.41, 5.74) is 4.14. The average molecular weight is 499 g/mol. The molecule has 0 aliphatic rings. The molecule has 3 nitrogen and oxygen atoms in total. The second-order valence-corrected chi connectivity index (χ2v) is 15.4. The lowest BCUT2D eigenvalue weighted by Gasteiger charge is -2.41. The van der Waals surface area contributed by atoms with Crippen molar-refractivity contribution in [1.82, 2.24) is 9.78 Å². The molecule has 0 N–H and O–H groups in total. The van der Waals surface area contributed by atoms with E-state index in [1.165, 1.54) is 14.8 Å². The normalized spacial score (nSPS) is 12.6. The summed E-state index contributed by atoms with van der Waals surface area (Å²) >= 11 is 2.34. The van der Waals surface area contributed by atoms with Crippen LogP contribution in [0.4, 0.5) is 0 Å². The van der Waals surface area contributed by atoms with Crippen molar-refractivity contribution in [2.24, 2.45) is 0 Å². The van der Waals surface area contributed by atoms with Crippen molar-refractivity contribution in [1.29, 1.82) is 0 Å². The number of benzene rings is 1. The lowest BCUT2D eigenvalue weighted by Crippen LogP contribution is -2.50. The molecule has 2 aromatic rings. The molecule has 0 aliphatic carbocycles. The van der Waals surface area contributed by atoms with Crippen LogP contribution in [0.1, 0.15) is 72.6 Å². The van der Waals surface area contributed by atoms with Crippen LogP contribution in [-0.4, -0.2) is 18.1 Å². The summed E-state index contributed by atoms with van der Waals surface area (Å²) in [7, 11) is -1.99. The minimum absolute atomic E-state index is 0.409. The SMILES string of the molecule is CC(C)c1cc(O[Si](C(C)C)(C(C)C)C(C)C)nn1Cc1ccc(I)cc1. The number of rotatable bonds is 8. The average Bonchev–Trinajstić information content (AvgIpc) is 2.96. The lowest BCUT2D eigenvalue weighted by atomic mass is 10.1. The Balaban J connectivity index is 2.39. The molecule has 1 aromatic heterocycles. The number of halogens is 1. The molecular weight excluding hydrogens is 463 g/mol. The fourth-order valence-electron chi connectivity index (χ4n) is 4.35. The van der Waals surface area contributed by atoms with E-state index in [2.05, 4.69) is 113 Å². The van der Waals surface area contributed by atoms with Gasteiger partial charge in [0, 0.05) is 15.3 Å². The second-order valence-electron chi connectivity index (χ2n) is 8.77. The molecule has 0 atom stereocenters. The Morgan fingerprint density at radius 2 is 1.44 bits per heavy atom. The number of hydrogen-bond acceptors (Lipinski definition) is 2. The third kappa shape index (κ3) is 4.97. The maximum Gasteiger partial charge on any atom is 0.260 e. The van der Waals surface area contributed by atoms with Gasteiger partial charge in [0.25, 0.3) is 8.32 Å². The van der Waals surface area contributed by atoms with Crippen LogP contribution in [0, 0.1) is 3.57 Å². The quantitative estimate of drug-likeness (QED) is 0.284. The van der Waals surface area contributed by atoms with Crippen LogP contribution in [0.2, 0.25) is 16.6 Å². The van der Waals surface area contributed by atoms with Gasteiger partial charge in [0.2, 0.25) is 5.88 Å². The Hall–Kier alpha value is -0.823. The molecular formula is C22H35IN2OSi. The Labute approximate surface area is 180 Å². The van der Waals surface area contributed by atoms with Gasteiger partial charge in [0.15, 0.2) is 0 Å². The molecule has 0 saturated carbocycles. The van der Waals surface area contributed by atoms with Gasteiger partial charge in [-0.25, -0.2) is 0 Å².